The van der Waals surface area contributed by atoms with Crippen molar-refractivity contribution in [3.63, 3.8) is 0 Å². The molecule has 98 valence electrons. The van der Waals surface area contributed by atoms with Gasteiger partial charge in [0.05, 0.1) is 5.92 Å². The molecule has 0 saturated carbocycles. The molecule has 0 aromatic carbocycles. The molecule has 0 bridgehead atoms. The first kappa shape index (κ1) is 13.9. The van der Waals surface area contributed by atoms with Gasteiger partial charge in [-0.25, -0.2) is 4.68 Å². The van der Waals surface area contributed by atoms with Crippen molar-refractivity contribution in [2.45, 2.75) is 19.9 Å². The van der Waals surface area contributed by atoms with Gasteiger partial charge in [0.2, 0.25) is 0 Å². The molecule has 2 unspecified atom stereocenters. The molecule has 18 heavy (non-hydrogen) atoms. The third-order valence-corrected chi connectivity index (χ3v) is 2.69. The number of aryl methyl sites for hydroxylation is 1. The summed E-state index contributed by atoms with van der Waals surface area (Å²) in [5, 5.41) is 15.1. The van der Waals surface area contributed by atoms with E-state index in [0.717, 1.165) is 4.68 Å². The Labute approximate surface area is 103 Å². The highest BCUT2D eigenvalue weighted by Crippen LogP contribution is 2.03. The minimum absolute atomic E-state index is 0.0709. The number of hydrogen-bond acceptors (Lipinski definition) is 4. The van der Waals surface area contributed by atoms with Gasteiger partial charge in [0.25, 0.3) is 11.5 Å². The summed E-state index contributed by atoms with van der Waals surface area (Å²) < 4.78 is 1.04. The average molecular weight is 253 g/mol. The van der Waals surface area contributed by atoms with Crippen LogP contribution in [0.5, 0.6) is 0 Å². The van der Waals surface area contributed by atoms with Crippen molar-refractivity contribution in [3.8, 4) is 0 Å². The maximum Gasteiger partial charge on any atom is 0.308 e. The minimum Gasteiger partial charge on any atom is -0.481 e. The fraction of sp³-hybridized carbons (Fsp3) is 0.455. The summed E-state index contributed by atoms with van der Waals surface area (Å²) in [5.74, 6) is -2.20. The van der Waals surface area contributed by atoms with Crippen LogP contribution in [0.2, 0.25) is 0 Å². The van der Waals surface area contributed by atoms with Crippen molar-refractivity contribution in [1.29, 1.82) is 0 Å². The quantitative estimate of drug-likeness (QED) is 0.761. The summed E-state index contributed by atoms with van der Waals surface area (Å²) in [4.78, 5) is 33.6. The number of nitrogens with zero attached hydrogens (tertiary/aromatic N) is 2. The number of amides is 1. The Morgan fingerprint density at radius 2 is 2.00 bits per heavy atom. The van der Waals surface area contributed by atoms with E-state index in [1.807, 2.05) is 0 Å². The number of aromatic nitrogens is 2. The topological polar surface area (TPSA) is 101 Å². The largest absolute Gasteiger partial charge is 0.481 e. The second kappa shape index (κ2) is 5.44. The average Bonchev–Trinajstić information content (AvgIpc) is 2.31. The second-order valence-corrected chi connectivity index (χ2v) is 4.07. The van der Waals surface area contributed by atoms with Gasteiger partial charge in [0.1, 0.15) is 5.69 Å². The zero-order chi connectivity index (χ0) is 13.9. The van der Waals surface area contributed by atoms with E-state index >= 15 is 0 Å². The van der Waals surface area contributed by atoms with Gasteiger partial charge in [-0.3, -0.25) is 14.4 Å². The Balaban J connectivity index is 2.79. The summed E-state index contributed by atoms with van der Waals surface area (Å²) in [5.41, 5.74) is -0.250. The lowest BCUT2D eigenvalue weighted by Gasteiger charge is -2.17. The summed E-state index contributed by atoms with van der Waals surface area (Å²) in [6, 6.07) is 2.00. The Kier molecular flexibility index (Phi) is 4.19. The first-order chi connectivity index (χ1) is 8.32. The first-order valence-electron chi connectivity index (χ1n) is 5.41. The molecule has 0 saturated heterocycles. The number of nitrogens with one attached hydrogen (secondary N) is 1. The van der Waals surface area contributed by atoms with Crippen LogP contribution in [-0.2, 0) is 11.8 Å². The van der Waals surface area contributed by atoms with E-state index in [2.05, 4.69) is 10.4 Å². The fourth-order valence-corrected chi connectivity index (χ4v) is 1.24. The molecule has 1 heterocycles. The highest BCUT2D eigenvalue weighted by Gasteiger charge is 2.22. The van der Waals surface area contributed by atoms with Crippen molar-refractivity contribution in [2.75, 3.05) is 0 Å². The van der Waals surface area contributed by atoms with E-state index in [4.69, 9.17) is 5.11 Å². The SMILES string of the molecule is CC(NC(=O)c1ccc(=O)n(C)n1)C(C)C(=O)O. The van der Waals surface area contributed by atoms with Crippen LogP contribution in [0, 0.1) is 5.92 Å². The molecule has 0 radical (unpaired) electrons. The highest BCUT2D eigenvalue weighted by molar-refractivity contribution is 5.92. The Bertz CT molecular complexity index is 523. The van der Waals surface area contributed by atoms with Gasteiger partial charge in [0.15, 0.2) is 0 Å². The van der Waals surface area contributed by atoms with E-state index < -0.39 is 23.8 Å². The number of carboxylic acids is 1. The van der Waals surface area contributed by atoms with E-state index in [1.54, 1.807) is 6.92 Å². The number of carboxylic acid groups (broad SMARTS) is 1. The van der Waals surface area contributed by atoms with Gasteiger partial charge in [-0.15, -0.1) is 0 Å². The van der Waals surface area contributed by atoms with E-state index in [-0.39, 0.29) is 11.3 Å². The number of carbonyl (C=O) groups excluding carboxylic acids is 1. The predicted octanol–water partition coefficient (Wildman–Crippen LogP) is -0.381. The van der Waals surface area contributed by atoms with Gasteiger partial charge in [-0.05, 0) is 19.9 Å². The zero-order valence-electron chi connectivity index (χ0n) is 10.4. The third kappa shape index (κ3) is 3.16. The van der Waals surface area contributed by atoms with E-state index in [9.17, 15) is 14.4 Å². The molecule has 7 heteroatoms. The minimum atomic E-state index is -0.990. The molecule has 1 amide bonds. The Morgan fingerprint density at radius 3 is 2.50 bits per heavy atom. The highest BCUT2D eigenvalue weighted by atomic mass is 16.4. The molecule has 2 N–H and O–H groups in total. The van der Waals surface area contributed by atoms with Gasteiger partial charge < -0.3 is 10.4 Å². The standard InChI is InChI=1S/C11H15N3O4/c1-6(11(17)18)7(2)12-10(16)8-4-5-9(15)14(3)13-8/h4-7H,1-3H3,(H,12,16)(H,17,18). The lowest BCUT2D eigenvalue weighted by atomic mass is 10.0. The van der Waals surface area contributed by atoms with Gasteiger partial charge in [-0.1, -0.05) is 0 Å². The number of rotatable bonds is 4. The summed E-state index contributed by atoms with van der Waals surface area (Å²) in [6.45, 7) is 3.10. The van der Waals surface area contributed by atoms with E-state index in [0.29, 0.717) is 0 Å². The number of aliphatic carboxylic acids is 1. The smallest absolute Gasteiger partial charge is 0.308 e. The normalized spacial score (nSPS) is 13.7. The second-order valence-electron chi connectivity index (χ2n) is 4.07. The van der Waals surface area contributed by atoms with E-state index in [1.165, 1.54) is 26.1 Å². The van der Waals surface area contributed by atoms with Crippen molar-refractivity contribution in [2.24, 2.45) is 13.0 Å². The summed E-state index contributed by atoms with van der Waals surface area (Å²) in [7, 11) is 1.43. The van der Waals surface area contributed by atoms with Gasteiger partial charge in [-0.2, -0.15) is 5.10 Å². The van der Waals surface area contributed by atoms with Crippen LogP contribution in [-0.4, -0.2) is 32.8 Å². The van der Waals surface area contributed by atoms with Crippen LogP contribution in [0.25, 0.3) is 0 Å². The molecule has 1 rings (SSSR count). The molecule has 1 aromatic rings. The molecule has 1 aromatic heterocycles. The maximum absolute atomic E-state index is 11.8. The maximum atomic E-state index is 11.8. The monoisotopic (exact) mass is 253 g/mol. The molecule has 0 fully saturated rings. The van der Waals surface area contributed by atoms with Crippen LogP contribution in [0.3, 0.4) is 0 Å². The van der Waals surface area contributed by atoms with Gasteiger partial charge in [0, 0.05) is 19.2 Å². The van der Waals surface area contributed by atoms with Crippen LogP contribution in [0.4, 0.5) is 0 Å². The van der Waals surface area contributed by atoms with Crippen LogP contribution in [0.1, 0.15) is 24.3 Å². The Hall–Kier alpha value is -2.18. The van der Waals surface area contributed by atoms with Crippen molar-refractivity contribution in [1.82, 2.24) is 15.1 Å². The first-order valence-corrected chi connectivity index (χ1v) is 5.41. The molecule has 2 atom stereocenters. The molecule has 0 aliphatic rings. The van der Waals surface area contributed by atoms with Crippen molar-refractivity contribution >= 4 is 11.9 Å². The zero-order valence-corrected chi connectivity index (χ0v) is 10.4. The van der Waals surface area contributed by atoms with Crippen molar-refractivity contribution < 1.29 is 14.7 Å². The fourth-order valence-electron chi connectivity index (χ4n) is 1.24. The van der Waals surface area contributed by atoms with Crippen LogP contribution in [0.15, 0.2) is 16.9 Å². The number of hydrogen-bond donors (Lipinski definition) is 2. The van der Waals surface area contributed by atoms with Gasteiger partial charge >= 0.3 is 5.97 Å². The molecule has 0 spiro atoms. The third-order valence-electron chi connectivity index (χ3n) is 2.69. The Morgan fingerprint density at radius 1 is 1.39 bits per heavy atom. The predicted molar refractivity (Wildman–Crippen MR) is 63.2 cm³/mol. The lowest BCUT2D eigenvalue weighted by molar-refractivity contribution is -0.141. The molecule has 0 aliphatic carbocycles. The molecular weight excluding hydrogens is 238 g/mol. The molecule has 0 aliphatic heterocycles. The van der Waals surface area contributed by atoms with Crippen LogP contribution >= 0.6 is 0 Å². The van der Waals surface area contributed by atoms with Crippen LogP contribution < -0.4 is 10.9 Å². The summed E-state index contributed by atoms with van der Waals surface area (Å²) >= 11 is 0. The van der Waals surface area contributed by atoms with Crippen molar-refractivity contribution in [3.05, 3.63) is 28.2 Å². The summed E-state index contributed by atoms with van der Waals surface area (Å²) in [6.07, 6.45) is 0. The number of carbonyl (C=O) groups is 2. The molecule has 7 nitrogen and oxygen atoms in total. The molecular formula is C11H15N3O4. The lowest BCUT2D eigenvalue weighted by Crippen LogP contribution is -2.40.